The minimum absolute atomic E-state index is 0.108. The van der Waals surface area contributed by atoms with E-state index in [1.54, 1.807) is 0 Å². The highest BCUT2D eigenvalue weighted by molar-refractivity contribution is 5.26. The molecule has 0 amide bonds. The Morgan fingerprint density at radius 1 is 1.05 bits per heavy atom. The van der Waals surface area contributed by atoms with Gasteiger partial charge in [-0.3, -0.25) is 0 Å². The third-order valence-corrected chi connectivity index (χ3v) is 3.18. The molecule has 0 fully saturated rings. The first kappa shape index (κ1) is 14.5. The molecule has 0 aliphatic carbocycles. The van der Waals surface area contributed by atoms with Crippen molar-refractivity contribution in [2.75, 3.05) is 0 Å². The smallest absolute Gasteiger partial charge is 0.200 e. The fourth-order valence-corrected chi connectivity index (χ4v) is 2.04. The van der Waals surface area contributed by atoms with Gasteiger partial charge in [-0.2, -0.15) is 4.39 Å². The van der Waals surface area contributed by atoms with E-state index in [9.17, 15) is 8.78 Å². The van der Waals surface area contributed by atoms with E-state index in [0.717, 1.165) is 11.6 Å². The molecule has 106 valence electrons. The Kier molecular flexibility index (Phi) is 4.69. The summed E-state index contributed by atoms with van der Waals surface area (Å²) in [7, 11) is 0. The zero-order valence-electron chi connectivity index (χ0n) is 11.2. The van der Waals surface area contributed by atoms with Crippen LogP contribution in [0.1, 0.15) is 24.9 Å². The minimum Gasteiger partial charge on any atom is -0.485 e. The lowest BCUT2D eigenvalue weighted by atomic mass is 10.0. The summed E-state index contributed by atoms with van der Waals surface area (Å²) in [4.78, 5) is 0. The third-order valence-electron chi connectivity index (χ3n) is 3.18. The molecule has 2 atom stereocenters. The summed E-state index contributed by atoms with van der Waals surface area (Å²) < 4.78 is 32.3. The minimum atomic E-state index is -0.980. The quantitative estimate of drug-likeness (QED) is 0.901. The number of halogens is 2. The SMILES string of the molecule is CCC(Oc1cccc(F)c1F)C(N)c1ccccc1. The van der Waals surface area contributed by atoms with Crippen molar-refractivity contribution in [3.8, 4) is 5.75 Å². The number of nitrogens with two attached hydrogens (primary N) is 1. The van der Waals surface area contributed by atoms with Gasteiger partial charge in [0.05, 0.1) is 6.04 Å². The van der Waals surface area contributed by atoms with Gasteiger partial charge in [0, 0.05) is 0 Å². The molecule has 0 aromatic heterocycles. The molecule has 0 aliphatic heterocycles. The monoisotopic (exact) mass is 277 g/mol. The van der Waals surface area contributed by atoms with Crippen LogP contribution in [0.4, 0.5) is 8.78 Å². The van der Waals surface area contributed by atoms with Gasteiger partial charge in [-0.1, -0.05) is 43.3 Å². The number of hydrogen-bond donors (Lipinski definition) is 1. The van der Waals surface area contributed by atoms with Crippen LogP contribution in [0, 0.1) is 11.6 Å². The molecule has 2 N–H and O–H groups in total. The van der Waals surface area contributed by atoms with Gasteiger partial charge < -0.3 is 10.5 Å². The maximum atomic E-state index is 13.6. The Bertz CT molecular complexity index is 560. The van der Waals surface area contributed by atoms with Gasteiger partial charge in [-0.25, -0.2) is 4.39 Å². The summed E-state index contributed by atoms with van der Waals surface area (Å²) in [6.07, 6.45) is 0.167. The van der Waals surface area contributed by atoms with E-state index in [1.807, 2.05) is 37.3 Å². The molecule has 0 aliphatic rings. The van der Waals surface area contributed by atoms with Crippen LogP contribution < -0.4 is 10.5 Å². The van der Waals surface area contributed by atoms with Crippen molar-refractivity contribution in [1.82, 2.24) is 0 Å². The molecule has 2 aromatic rings. The average Bonchev–Trinajstić information content (AvgIpc) is 2.49. The topological polar surface area (TPSA) is 35.2 Å². The lowest BCUT2D eigenvalue weighted by Crippen LogP contribution is -2.31. The van der Waals surface area contributed by atoms with Gasteiger partial charge in [0.2, 0.25) is 5.82 Å². The Hall–Kier alpha value is -1.94. The molecule has 2 unspecified atom stereocenters. The van der Waals surface area contributed by atoms with Crippen LogP contribution in [0.3, 0.4) is 0 Å². The van der Waals surface area contributed by atoms with Crippen molar-refractivity contribution in [3.63, 3.8) is 0 Å². The van der Waals surface area contributed by atoms with Crippen LogP contribution in [0.25, 0.3) is 0 Å². The second-order valence-corrected chi connectivity index (χ2v) is 4.55. The van der Waals surface area contributed by atoms with Crippen LogP contribution in [0.5, 0.6) is 5.75 Å². The highest BCUT2D eigenvalue weighted by Crippen LogP contribution is 2.25. The molecule has 0 radical (unpaired) electrons. The van der Waals surface area contributed by atoms with Crippen molar-refractivity contribution in [2.45, 2.75) is 25.5 Å². The molecular weight excluding hydrogens is 260 g/mol. The van der Waals surface area contributed by atoms with Crippen LogP contribution in [-0.4, -0.2) is 6.10 Å². The molecule has 0 spiro atoms. The Labute approximate surface area is 117 Å². The van der Waals surface area contributed by atoms with Crippen LogP contribution >= 0.6 is 0 Å². The molecule has 2 rings (SSSR count). The number of ether oxygens (including phenoxy) is 1. The molecule has 0 bridgehead atoms. The van der Waals surface area contributed by atoms with Gasteiger partial charge in [0.1, 0.15) is 6.10 Å². The number of benzene rings is 2. The molecule has 2 aromatic carbocycles. The zero-order valence-corrected chi connectivity index (χ0v) is 11.2. The van der Waals surface area contributed by atoms with E-state index in [-0.39, 0.29) is 5.75 Å². The molecule has 0 saturated heterocycles. The van der Waals surface area contributed by atoms with E-state index in [4.69, 9.17) is 10.5 Å². The highest BCUT2D eigenvalue weighted by Gasteiger charge is 2.21. The molecule has 20 heavy (non-hydrogen) atoms. The molecule has 2 nitrogen and oxygen atoms in total. The maximum Gasteiger partial charge on any atom is 0.200 e. The first-order chi connectivity index (χ1) is 9.63. The van der Waals surface area contributed by atoms with E-state index < -0.39 is 23.8 Å². The summed E-state index contributed by atoms with van der Waals surface area (Å²) in [5.74, 6) is -2.01. The number of hydrogen-bond acceptors (Lipinski definition) is 2. The molecular formula is C16H17F2NO. The standard InChI is InChI=1S/C16H17F2NO/c1-2-13(16(19)11-7-4-3-5-8-11)20-14-10-6-9-12(17)15(14)18/h3-10,13,16H,2,19H2,1H3. The zero-order chi connectivity index (χ0) is 14.5. The summed E-state index contributed by atoms with van der Waals surface area (Å²) in [6.45, 7) is 1.89. The fourth-order valence-electron chi connectivity index (χ4n) is 2.04. The van der Waals surface area contributed by atoms with E-state index >= 15 is 0 Å². The molecule has 4 heteroatoms. The summed E-state index contributed by atoms with van der Waals surface area (Å²) in [5.41, 5.74) is 7.04. The predicted octanol–water partition coefficient (Wildman–Crippen LogP) is 3.82. The maximum absolute atomic E-state index is 13.6. The Balaban J connectivity index is 2.19. The highest BCUT2D eigenvalue weighted by atomic mass is 19.2. The molecule has 0 saturated carbocycles. The van der Waals surface area contributed by atoms with Gasteiger partial charge >= 0.3 is 0 Å². The molecule has 0 heterocycles. The Morgan fingerprint density at radius 3 is 2.40 bits per heavy atom. The Morgan fingerprint density at radius 2 is 1.75 bits per heavy atom. The fraction of sp³-hybridized carbons (Fsp3) is 0.250. The van der Waals surface area contributed by atoms with Crippen LogP contribution in [0.2, 0.25) is 0 Å². The van der Waals surface area contributed by atoms with Crippen molar-refractivity contribution >= 4 is 0 Å². The van der Waals surface area contributed by atoms with Gasteiger partial charge in [0.25, 0.3) is 0 Å². The van der Waals surface area contributed by atoms with E-state index in [2.05, 4.69) is 0 Å². The lowest BCUT2D eigenvalue weighted by molar-refractivity contribution is 0.158. The summed E-state index contributed by atoms with van der Waals surface area (Å²) in [5, 5.41) is 0. The second kappa shape index (κ2) is 6.48. The van der Waals surface area contributed by atoms with E-state index in [1.165, 1.54) is 12.1 Å². The lowest BCUT2D eigenvalue weighted by Gasteiger charge is -2.24. The number of rotatable bonds is 5. The largest absolute Gasteiger partial charge is 0.485 e. The predicted molar refractivity (Wildman–Crippen MR) is 74.4 cm³/mol. The van der Waals surface area contributed by atoms with Gasteiger partial charge in [0.15, 0.2) is 11.6 Å². The second-order valence-electron chi connectivity index (χ2n) is 4.55. The van der Waals surface area contributed by atoms with Crippen LogP contribution in [-0.2, 0) is 0 Å². The normalized spacial score (nSPS) is 13.8. The summed E-state index contributed by atoms with van der Waals surface area (Å²) >= 11 is 0. The van der Waals surface area contributed by atoms with Crippen molar-refractivity contribution < 1.29 is 13.5 Å². The first-order valence-electron chi connectivity index (χ1n) is 6.54. The first-order valence-corrected chi connectivity index (χ1v) is 6.54. The summed E-state index contributed by atoms with van der Waals surface area (Å²) in [6, 6.07) is 12.9. The van der Waals surface area contributed by atoms with Crippen molar-refractivity contribution in [1.29, 1.82) is 0 Å². The van der Waals surface area contributed by atoms with Crippen LogP contribution in [0.15, 0.2) is 48.5 Å². The van der Waals surface area contributed by atoms with E-state index in [0.29, 0.717) is 6.42 Å². The average molecular weight is 277 g/mol. The third kappa shape index (κ3) is 3.14. The van der Waals surface area contributed by atoms with Gasteiger partial charge in [-0.15, -0.1) is 0 Å². The van der Waals surface area contributed by atoms with Crippen molar-refractivity contribution in [3.05, 3.63) is 65.7 Å². The van der Waals surface area contributed by atoms with Gasteiger partial charge in [-0.05, 0) is 24.1 Å². The van der Waals surface area contributed by atoms with Crippen molar-refractivity contribution in [2.24, 2.45) is 5.73 Å².